The van der Waals surface area contributed by atoms with Crippen LogP contribution in [-0.4, -0.2) is 39.4 Å². The second kappa shape index (κ2) is 3.93. The van der Waals surface area contributed by atoms with Crippen LogP contribution in [0, 0.1) is 5.41 Å². The summed E-state index contributed by atoms with van der Waals surface area (Å²) < 4.78 is 0. The largest absolute Gasteiger partial charge is 0.480 e. The van der Waals surface area contributed by atoms with Crippen LogP contribution in [0.5, 0.6) is 0 Å². The Labute approximate surface area is 94.2 Å². The van der Waals surface area contributed by atoms with Gasteiger partial charge in [-0.1, -0.05) is 20.8 Å². The fourth-order valence-electron chi connectivity index (χ4n) is 2.01. The first kappa shape index (κ1) is 12.8. The lowest BCUT2D eigenvalue weighted by molar-refractivity contribution is -0.156. The van der Waals surface area contributed by atoms with Gasteiger partial charge in [0.05, 0.1) is 0 Å². The van der Waals surface area contributed by atoms with Crippen LogP contribution in [0.15, 0.2) is 0 Å². The van der Waals surface area contributed by atoms with Crippen molar-refractivity contribution in [1.82, 2.24) is 10.4 Å². The van der Waals surface area contributed by atoms with E-state index in [0.29, 0.717) is 19.4 Å². The molecule has 1 amide bonds. The Morgan fingerprint density at radius 3 is 2.25 bits per heavy atom. The SMILES string of the molecule is CC(C)(C)C1(C(=O)O)CCCN(C(=O)O)N1. The summed E-state index contributed by atoms with van der Waals surface area (Å²) in [4.78, 5) is 22.3. The van der Waals surface area contributed by atoms with E-state index in [2.05, 4.69) is 5.43 Å². The third kappa shape index (κ3) is 1.97. The van der Waals surface area contributed by atoms with E-state index >= 15 is 0 Å². The second-order valence-electron chi connectivity index (χ2n) is 5.11. The summed E-state index contributed by atoms with van der Waals surface area (Å²) in [6, 6.07) is 0. The number of nitrogens with one attached hydrogen (secondary N) is 1. The molecule has 6 nitrogen and oxygen atoms in total. The van der Waals surface area contributed by atoms with Gasteiger partial charge >= 0.3 is 12.1 Å². The summed E-state index contributed by atoms with van der Waals surface area (Å²) in [5.41, 5.74) is 0.859. The van der Waals surface area contributed by atoms with Crippen LogP contribution in [-0.2, 0) is 4.79 Å². The van der Waals surface area contributed by atoms with Gasteiger partial charge in [0, 0.05) is 6.54 Å². The van der Waals surface area contributed by atoms with Crippen LogP contribution >= 0.6 is 0 Å². The average Bonchev–Trinajstić information content (AvgIpc) is 2.15. The Bertz CT molecular complexity index is 310. The van der Waals surface area contributed by atoms with Crippen molar-refractivity contribution in [1.29, 1.82) is 0 Å². The highest BCUT2D eigenvalue weighted by Crippen LogP contribution is 2.37. The van der Waals surface area contributed by atoms with Gasteiger partial charge in [0.15, 0.2) is 0 Å². The van der Waals surface area contributed by atoms with Gasteiger partial charge in [-0.25, -0.2) is 15.2 Å². The smallest absolute Gasteiger partial charge is 0.421 e. The van der Waals surface area contributed by atoms with E-state index in [-0.39, 0.29) is 0 Å². The van der Waals surface area contributed by atoms with Gasteiger partial charge in [-0.15, -0.1) is 0 Å². The molecule has 0 radical (unpaired) electrons. The van der Waals surface area contributed by atoms with Gasteiger partial charge in [0.2, 0.25) is 0 Å². The molecule has 0 aliphatic carbocycles. The molecule has 1 aliphatic heterocycles. The lowest BCUT2D eigenvalue weighted by Gasteiger charge is -2.47. The summed E-state index contributed by atoms with van der Waals surface area (Å²) >= 11 is 0. The van der Waals surface area contributed by atoms with E-state index < -0.39 is 23.0 Å². The Morgan fingerprint density at radius 1 is 1.31 bits per heavy atom. The Hall–Kier alpha value is -1.30. The van der Waals surface area contributed by atoms with E-state index in [1.54, 1.807) is 20.8 Å². The topological polar surface area (TPSA) is 89.9 Å². The third-order valence-electron chi connectivity index (χ3n) is 3.14. The van der Waals surface area contributed by atoms with Crippen molar-refractivity contribution in [3.8, 4) is 0 Å². The molecule has 0 bridgehead atoms. The van der Waals surface area contributed by atoms with Gasteiger partial charge in [0.1, 0.15) is 5.54 Å². The van der Waals surface area contributed by atoms with Crippen molar-refractivity contribution in [3.63, 3.8) is 0 Å². The fraction of sp³-hybridized carbons (Fsp3) is 0.800. The standard InChI is InChI=1S/C10H18N2O4/c1-9(2,3)10(7(13)14)5-4-6-12(11-10)8(15)16/h11H,4-6H2,1-3H3,(H,13,14)(H,15,16). The zero-order chi connectivity index (χ0) is 12.6. The molecule has 16 heavy (non-hydrogen) atoms. The predicted octanol–water partition coefficient (Wildman–Crippen LogP) is 1.13. The number of carboxylic acid groups (broad SMARTS) is 2. The molecule has 6 heteroatoms. The number of hydrogen-bond donors (Lipinski definition) is 3. The first-order valence-electron chi connectivity index (χ1n) is 5.22. The minimum absolute atomic E-state index is 0.320. The average molecular weight is 230 g/mol. The summed E-state index contributed by atoms with van der Waals surface area (Å²) in [5, 5.41) is 19.2. The summed E-state index contributed by atoms with van der Waals surface area (Å²) in [5.74, 6) is -1.01. The number of amides is 1. The highest BCUT2D eigenvalue weighted by atomic mass is 16.4. The van der Waals surface area contributed by atoms with E-state index in [9.17, 15) is 14.7 Å². The van der Waals surface area contributed by atoms with Crippen LogP contribution in [0.25, 0.3) is 0 Å². The molecule has 1 atom stereocenters. The van der Waals surface area contributed by atoms with Crippen LogP contribution in [0.1, 0.15) is 33.6 Å². The summed E-state index contributed by atoms with van der Waals surface area (Å²) in [6.45, 7) is 5.69. The molecule has 0 aromatic rings. The molecular weight excluding hydrogens is 212 g/mol. The van der Waals surface area contributed by atoms with Gasteiger partial charge < -0.3 is 10.2 Å². The fourth-order valence-corrected chi connectivity index (χ4v) is 2.01. The number of aliphatic carboxylic acids is 1. The molecule has 3 N–H and O–H groups in total. The Kier molecular flexibility index (Phi) is 3.14. The molecule has 0 aromatic carbocycles. The number of carboxylic acids is 1. The van der Waals surface area contributed by atoms with Crippen LogP contribution < -0.4 is 5.43 Å². The molecular formula is C10H18N2O4. The first-order valence-corrected chi connectivity index (χ1v) is 5.22. The van der Waals surface area contributed by atoms with Crippen molar-refractivity contribution in [2.75, 3.05) is 6.54 Å². The Morgan fingerprint density at radius 2 is 1.88 bits per heavy atom. The molecule has 1 unspecified atom stereocenters. The molecule has 1 saturated heterocycles. The van der Waals surface area contributed by atoms with Crippen LogP contribution in [0.2, 0.25) is 0 Å². The summed E-state index contributed by atoms with van der Waals surface area (Å²) in [7, 11) is 0. The van der Waals surface area contributed by atoms with E-state index in [4.69, 9.17) is 5.11 Å². The van der Waals surface area contributed by atoms with E-state index in [1.807, 2.05) is 0 Å². The molecule has 1 fully saturated rings. The maximum absolute atomic E-state index is 11.4. The highest BCUT2D eigenvalue weighted by Gasteiger charge is 2.51. The molecule has 92 valence electrons. The second-order valence-corrected chi connectivity index (χ2v) is 5.11. The maximum Gasteiger partial charge on any atom is 0.421 e. The van der Waals surface area contributed by atoms with Crippen molar-refractivity contribution in [2.45, 2.75) is 39.2 Å². The molecule has 0 saturated carbocycles. The molecule has 1 rings (SSSR count). The number of hydrazine groups is 1. The zero-order valence-corrected chi connectivity index (χ0v) is 9.78. The quantitative estimate of drug-likeness (QED) is 0.628. The van der Waals surface area contributed by atoms with Crippen molar-refractivity contribution in [2.24, 2.45) is 5.41 Å². The molecule has 0 aromatic heterocycles. The first-order chi connectivity index (χ1) is 7.21. The van der Waals surface area contributed by atoms with E-state index in [1.165, 1.54) is 0 Å². The minimum Gasteiger partial charge on any atom is -0.480 e. The monoisotopic (exact) mass is 230 g/mol. The van der Waals surface area contributed by atoms with Crippen molar-refractivity contribution >= 4 is 12.1 Å². The van der Waals surface area contributed by atoms with E-state index in [0.717, 1.165) is 5.01 Å². The maximum atomic E-state index is 11.4. The number of rotatable bonds is 1. The number of nitrogens with zero attached hydrogens (tertiary/aromatic N) is 1. The predicted molar refractivity (Wildman–Crippen MR) is 56.9 cm³/mol. The lowest BCUT2D eigenvalue weighted by atomic mass is 9.70. The number of hydrogen-bond acceptors (Lipinski definition) is 3. The third-order valence-corrected chi connectivity index (χ3v) is 3.14. The van der Waals surface area contributed by atoms with Gasteiger partial charge in [-0.05, 0) is 18.3 Å². The van der Waals surface area contributed by atoms with Crippen LogP contribution in [0.3, 0.4) is 0 Å². The van der Waals surface area contributed by atoms with Gasteiger partial charge in [0.25, 0.3) is 0 Å². The van der Waals surface area contributed by atoms with Gasteiger partial charge in [-0.2, -0.15) is 0 Å². The normalized spacial score (nSPS) is 26.6. The number of carbonyl (C=O) groups is 2. The van der Waals surface area contributed by atoms with Crippen LogP contribution in [0.4, 0.5) is 4.79 Å². The zero-order valence-electron chi connectivity index (χ0n) is 9.78. The van der Waals surface area contributed by atoms with Gasteiger partial charge in [-0.3, -0.25) is 4.79 Å². The Balaban J connectivity index is 3.03. The highest BCUT2D eigenvalue weighted by molar-refractivity contribution is 5.80. The minimum atomic E-state index is -1.22. The van der Waals surface area contributed by atoms with Crippen molar-refractivity contribution < 1.29 is 19.8 Å². The molecule has 0 spiro atoms. The molecule has 1 aliphatic rings. The molecule has 1 heterocycles. The van der Waals surface area contributed by atoms with Crippen molar-refractivity contribution in [3.05, 3.63) is 0 Å². The summed E-state index contributed by atoms with van der Waals surface area (Å²) in [6.07, 6.45) is -0.173. The lowest BCUT2D eigenvalue weighted by Crippen LogP contribution is -2.69.